The molecule has 10 heteroatoms. The number of halogens is 1. The summed E-state index contributed by atoms with van der Waals surface area (Å²) in [6.07, 6.45) is 3.38. The van der Waals surface area contributed by atoms with Crippen LogP contribution in [0.2, 0.25) is 0 Å². The van der Waals surface area contributed by atoms with Crippen molar-refractivity contribution in [3.05, 3.63) is 78.4 Å². The van der Waals surface area contributed by atoms with Crippen LogP contribution in [0.15, 0.2) is 71.5 Å². The van der Waals surface area contributed by atoms with E-state index in [1.165, 1.54) is 6.07 Å². The van der Waals surface area contributed by atoms with E-state index in [0.717, 1.165) is 16.8 Å². The van der Waals surface area contributed by atoms with E-state index in [9.17, 15) is 9.50 Å². The number of nitrogens with zero attached hydrogens (tertiary/aromatic N) is 4. The van der Waals surface area contributed by atoms with E-state index in [0.29, 0.717) is 47.7 Å². The molecule has 0 radical (unpaired) electrons. The summed E-state index contributed by atoms with van der Waals surface area (Å²) in [5.74, 6) is 0.0471. The number of hydrogen-bond acceptors (Lipinski definition) is 8. The van der Waals surface area contributed by atoms with E-state index in [1.807, 2.05) is 36.4 Å². The van der Waals surface area contributed by atoms with Gasteiger partial charge in [0.2, 0.25) is 0 Å². The summed E-state index contributed by atoms with van der Waals surface area (Å²) in [6, 6.07) is 16.3. The van der Waals surface area contributed by atoms with Crippen LogP contribution in [-0.4, -0.2) is 58.9 Å². The molecule has 1 aliphatic heterocycles. The second-order valence-corrected chi connectivity index (χ2v) is 8.99. The number of aliphatic hydroxyl groups is 1. The van der Waals surface area contributed by atoms with Gasteiger partial charge in [0.15, 0.2) is 17.3 Å². The Labute approximate surface area is 211 Å². The first-order valence-electron chi connectivity index (χ1n) is 11.8. The lowest BCUT2D eigenvalue weighted by atomic mass is 9.86. The van der Waals surface area contributed by atoms with Gasteiger partial charge in [0, 0.05) is 48.3 Å². The second-order valence-electron chi connectivity index (χ2n) is 8.99. The summed E-state index contributed by atoms with van der Waals surface area (Å²) in [4.78, 5) is 6.12. The maximum absolute atomic E-state index is 14.6. The van der Waals surface area contributed by atoms with Gasteiger partial charge in [0.25, 0.3) is 0 Å². The van der Waals surface area contributed by atoms with Gasteiger partial charge in [-0.2, -0.15) is 5.10 Å². The quantitative estimate of drug-likeness (QED) is 0.305. The summed E-state index contributed by atoms with van der Waals surface area (Å²) < 4.78 is 30.5. The molecule has 1 aliphatic rings. The third-order valence-corrected chi connectivity index (χ3v) is 6.55. The van der Waals surface area contributed by atoms with Crippen molar-refractivity contribution in [2.24, 2.45) is 0 Å². The SMILES string of the molecule is COCCOc1cc2[nH]nc(-c3cc(-c4ccc(N5CC(O)(c6ccncc6)C5)cc4)no3)c2cc1F. The van der Waals surface area contributed by atoms with Crippen LogP contribution >= 0.6 is 0 Å². The molecular weight excluding hydrogens is 477 g/mol. The Morgan fingerprint density at radius 3 is 2.62 bits per heavy atom. The van der Waals surface area contributed by atoms with Crippen molar-refractivity contribution in [3.63, 3.8) is 0 Å². The van der Waals surface area contributed by atoms with Crippen molar-refractivity contribution in [3.8, 4) is 28.5 Å². The molecule has 3 aromatic heterocycles. The summed E-state index contributed by atoms with van der Waals surface area (Å²) >= 11 is 0. The average molecular weight is 502 g/mol. The molecule has 1 fully saturated rings. The molecule has 9 nitrogen and oxygen atoms in total. The Hall–Kier alpha value is -4.28. The number of aromatic nitrogens is 4. The van der Waals surface area contributed by atoms with Crippen molar-refractivity contribution < 1.29 is 23.5 Å². The van der Waals surface area contributed by atoms with Crippen LogP contribution < -0.4 is 9.64 Å². The summed E-state index contributed by atoms with van der Waals surface area (Å²) in [6.45, 7) is 1.62. The summed E-state index contributed by atoms with van der Waals surface area (Å²) in [5, 5.41) is 22.8. The first-order valence-corrected chi connectivity index (χ1v) is 11.8. The monoisotopic (exact) mass is 501 g/mol. The highest BCUT2D eigenvalue weighted by Gasteiger charge is 2.42. The Morgan fingerprint density at radius 2 is 1.86 bits per heavy atom. The van der Waals surface area contributed by atoms with E-state index in [4.69, 9.17) is 14.0 Å². The number of aromatic amines is 1. The summed E-state index contributed by atoms with van der Waals surface area (Å²) in [5.41, 5.74) is 3.58. The number of anilines is 1. The first kappa shape index (κ1) is 23.1. The second kappa shape index (κ2) is 9.30. The Bertz CT molecular complexity index is 1530. The molecular formula is C27H24FN5O4. The Morgan fingerprint density at radius 1 is 1.08 bits per heavy atom. The van der Waals surface area contributed by atoms with E-state index < -0.39 is 11.4 Å². The molecule has 0 bridgehead atoms. The number of methoxy groups -OCH3 is 1. The van der Waals surface area contributed by atoms with E-state index >= 15 is 0 Å². The summed E-state index contributed by atoms with van der Waals surface area (Å²) in [7, 11) is 1.56. The maximum Gasteiger partial charge on any atom is 0.188 e. The molecule has 37 heavy (non-hydrogen) atoms. The van der Waals surface area contributed by atoms with Gasteiger partial charge in [-0.25, -0.2) is 4.39 Å². The molecule has 2 aromatic carbocycles. The predicted octanol–water partition coefficient (Wildman–Crippen LogP) is 4.15. The minimum Gasteiger partial charge on any atom is -0.488 e. The zero-order valence-corrected chi connectivity index (χ0v) is 20.0. The van der Waals surface area contributed by atoms with Gasteiger partial charge in [-0.15, -0.1) is 0 Å². The molecule has 0 unspecified atom stereocenters. The van der Waals surface area contributed by atoms with Gasteiger partial charge in [-0.3, -0.25) is 10.1 Å². The van der Waals surface area contributed by atoms with Crippen molar-refractivity contribution in [1.82, 2.24) is 20.3 Å². The molecule has 0 amide bonds. The van der Waals surface area contributed by atoms with Gasteiger partial charge in [-0.1, -0.05) is 17.3 Å². The zero-order chi connectivity index (χ0) is 25.4. The molecule has 5 aromatic rings. The fourth-order valence-corrected chi connectivity index (χ4v) is 4.53. The molecule has 188 valence electrons. The lowest BCUT2D eigenvalue weighted by Gasteiger charge is -2.48. The van der Waals surface area contributed by atoms with Crippen LogP contribution in [0.25, 0.3) is 33.6 Å². The third-order valence-electron chi connectivity index (χ3n) is 6.55. The van der Waals surface area contributed by atoms with Crippen LogP contribution in [0.3, 0.4) is 0 Å². The van der Waals surface area contributed by atoms with Crippen LogP contribution in [0, 0.1) is 5.82 Å². The fourth-order valence-electron chi connectivity index (χ4n) is 4.53. The van der Waals surface area contributed by atoms with Crippen molar-refractivity contribution in [2.75, 3.05) is 38.3 Å². The lowest BCUT2D eigenvalue weighted by Crippen LogP contribution is -2.59. The molecule has 0 spiro atoms. The fraction of sp³-hybridized carbons (Fsp3) is 0.222. The Kier molecular flexibility index (Phi) is 5.82. The van der Waals surface area contributed by atoms with Crippen LogP contribution in [-0.2, 0) is 10.3 Å². The van der Waals surface area contributed by atoms with Gasteiger partial charge >= 0.3 is 0 Å². The minimum absolute atomic E-state index is 0.125. The van der Waals surface area contributed by atoms with Crippen molar-refractivity contribution in [1.29, 1.82) is 0 Å². The number of fused-ring (bicyclic) bond motifs is 1. The number of β-amino-alcohol motifs (C(OH)–C–C–N with tert-alkyl or cyclic N) is 1. The van der Waals surface area contributed by atoms with Crippen LogP contribution in [0.1, 0.15) is 5.56 Å². The zero-order valence-electron chi connectivity index (χ0n) is 20.0. The van der Waals surface area contributed by atoms with Crippen molar-refractivity contribution in [2.45, 2.75) is 5.60 Å². The van der Waals surface area contributed by atoms with E-state index in [-0.39, 0.29) is 12.4 Å². The van der Waals surface area contributed by atoms with Gasteiger partial charge < -0.3 is 24.0 Å². The normalized spacial score (nSPS) is 14.6. The molecule has 4 heterocycles. The lowest BCUT2D eigenvalue weighted by molar-refractivity contribution is 0.00747. The maximum atomic E-state index is 14.6. The molecule has 0 aliphatic carbocycles. The third kappa shape index (κ3) is 4.30. The smallest absolute Gasteiger partial charge is 0.188 e. The van der Waals surface area contributed by atoms with Crippen LogP contribution in [0.5, 0.6) is 5.75 Å². The number of benzene rings is 2. The number of H-pyrrole nitrogens is 1. The minimum atomic E-state index is -0.870. The Balaban J connectivity index is 1.17. The highest BCUT2D eigenvalue weighted by Crippen LogP contribution is 2.37. The van der Waals surface area contributed by atoms with E-state index in [1.54, 1.807) is 31.6 Å². The highest BCUT2D eigenvalue weighted by molar-refractivity contribution is 5.93. The number of nitrogens with one attached hydrogen (secondary N) is 1. The first-order chi connectivity index (χ1) is 18.0. The molecule has 0 saturated carbocycles. The largest absolute Gasteiger partial charge is 0.488 e. The number of rotatable bonds is 8. The van der Waals surface area contributed by atoms with Crippen molar-refractivity contribution >= 4 is 16.6 Å². The average Bonchev–Trinajstić information content (AvgIpc) is 3.55. The van der Waals surface area contributed by atoms with Gasteiger partial charge in [0.05, 0.1) is 25.2 Å². The number of pyridine rings is 1. The van der Waals surface area contributed by atoms with E-state index in [2.05, 4.69) is 25.2 Å². The van der Waals surface area contributed by atoms with Gasteiger partial charge in [0.1, 0.15) is 23.6 Å². The standard InChI is InChI=1S/C27H24FN5O4/c1-35-10-11-36-24-14-23-20(12-21(24)28)26(31-30-23)25-13-22(32-37-25)17-2-4-19(5-3-17)33-15-27(34,16-33)18-6-8-29-9-7-18/h2-9,12-14,34H,10-11,15-16H2,1H3,(H,30,31). The molecule has 2 N–H and O–H groups in total. The van der Waals surface area contributed by atoms with Crippen LogP contribution in [0.4, 0.5) is 10.1 Å². The number of hydrogen-bond donors (Lipinski definition) is 2. The molecule has 0 atom stereocenters. The highest BCUT2D eigenvalue weighted by atomic mass is 19.1. The topological polar surface area (TPSA) is 110 Å². The van der Waals surface area contributed by atoms with Gasteiger partial charge in [-0.05, 0) is 35.9 Å². The molecule has 6 rings (SSSR count). The number of ether oxygens (including phenoxy) is 2. The predicted molar refractivity (Wildman–Crippen MR) is 135 cm³/mol. The molecule has 1 saturated heterocycles.